The van der Waals surface area contributed by atoms with E-state index < -0.39 is 0 Å². The van der Waals surface area contributed by atoms with Gasteiger partial charge in [0.2, 0.25) is 0 Å². The van der Waals surface area contributed by atoms with Gasteiger partial charge in [-0.3, -0.25) is 9.69 Å². The number of hydrogen-bond donors (Lipinski definition) is 1. The van der Waals surface area contributed by atoms with Crippen LogP contribution in [0.2, 0.25) is 0 Å². The lowest BCUT2D eigenvalue weighted by molar-refractivity contribution is 0.0888. The maximum absolute atomic E-state index is 13.3. The number of pyridine rings is 1. The summed E-state index contributed by atoms with van der Waals surface area (Å²) in [6.07, 6.45) is 3.04. The molecule has 0 bridgehead atoms. The first-order valence-corrected chi connectivity index (χ1v) is 13.2. The second-order valence-electron chi connectivity index (χ2n) is 10.3. The van der Waals surface area contributed by atoms with E-state index in [1.54, 1.807) is 0 Å². The minimum absolute atomic E-state index is 0.0536. The molecule has 3 heterocycles. The predicted molar refractivity (Wildman–Crippen MR) is 144 cm³/mol. The van der Waals surface area contributed by atoms with Gasteiger partial charge in [-0.25, -0.2) is 4.68 Å². The van der Waals surface area contributed by atoms with Gasteiger partial charge in [0.15, 0.2) is 5.82 Å². The molecule has 0 radical (unpaired) electrons. The number of tetrazole rings is 1. The Kier molecular flexibility index (Phi) is 7.48. The van der Waals surface area contributed by atoms with Crippen LogP contribution in [0.15, 0.2) is 47.3 Å². The van der Waals surface area contributed by atoms with Crippen molar-refractivity contribution in [2.75, 3.05) is 6.61 Å². The van der Waals surface area contributed by atoms with Crippen molar-refractivity contribution in [3.63, 3.8) is 0 Å². The van der Waals surface area contributed by atoms with Gasteiger partial charge in [0, 0.05) is 25.3 Å². The summed E-state index contributed by atoms with van der Waals surface area (Å²) in [5.41, 5.74) is 6.25. The van der Waals surface area contributed by atoms with E-state index in [-0.39, 0.29) is 17.7 Å². The predicted octanol–water partition coefficient (Wildman–Crippen LogP) is 4.77. The summed E-state index contributed by atoms with van der Waals surface area (Å²) in [4.78, 5) is 18.7. The van der Waals surface area contributed by atoms with Crippen LogP contribution in [-0.2, 0) is 24.4 Å². The largest absolute Gasteiger partial charge is 0.376 e. The molecule has 4 aromatic rings. The Morgan fingerprint density at radius 3 is 2.65 bits per heavy atom. The van der Waals surface area contributed by atoms with Gasteiger partial charge in [-0.2, -0.15) is 0 Å². The summed E-state index contributed by atoms with van der Waals surface area (Å²) in [6, 6.07) is 14.8. The Hall–Kier alpha value is -3.36. The van der Waals surface area contributed by atoms with E-state index in [1.165, 1.54) is 16.7 Å². The van der Waals surface area contributed by atoms with Crippen LogP contribution in [0, 0.1) is 20.8 Å². The second-order valence-corrected chi connectivity index (χ2v) is 10.3. The van der Waals surface area contributed by atoms with E-state index >= 15 is 0 Å². The van der Waals surface area contributed by atoms with Gasteiger partial charge in [0.05, 0.1) is 24.2 Å². The molecule has 2 aromatic carbocycles. The zero-order valence-electron chi connectivity index (χ0n) is 22.2. The average Bonchev–Trinajstić information content (AvgIpc) is 3.55. The van der Waals surface area contributed by atoms with Crippen molar-refractivity contribution >= 4 is 10.9 Å². The molecule has 1 aliphatic heterocycles. The Morgan fingerprint density at radius 1 is 1.11 bits per heavy atom. The van der Waals surface area contributed by atoms with E-state index in [4.69, 9.17) is 4.74 Å². The summed E-state index contributed by atoms with van der Waals surface area (Å²) < 4.78 is 7.75. The standard InChI is InChI=1S/C29H36N6O2/c1-5-26(28-31-32-33-35(28)18-25-7-6-12-37-25)34(16-22-10-8-19(2)9-11-22)17-24-15-23-14-20(3)13-21(4)27(23)30-29(24)36/h8-11,13-15,25-26H,5-7,12,16-18H2,1-4H3,(H,30,36)/t25-,26-/m1/s1. The molecule has 1 N–H and O–H groups in total. The van der Waals surface area contributed by atoms with Gasteiger partial charge in [-0.1, -0.05) is 48.4 Å². The van der Waals surface area contributed by atoms with Gasteiger partial charge in [0.1, 0.15) is 0 Å². The molecular weight excluding hydrogens is 464 g/mol. The number of aromatic amines is 1. The van der Waals surface area contributed by atoms with Crippen molar-refractivity contribution < 1.29 is 4.74 Å². The highest BCUT2D eigenvalue weighted by atomic mass is 16.5. The van der Waals surface area contributed by atoms with Crippen LogP contribution < -0.4 is 5.56 Å². The van der Waals surface area contributed by atoms with Crippen LogP contribution in [0.4, 0.5) is 0 Å². The third-order valence-electron chi connectivity index (χ3n) is 7.34. The van der Waals surface area contributed by atoms with Crippen LogP contribution in [0.5, 0.6) is 0 Å². The third-order valence-corrected chi connectivity index (χ3v) is 7.34. The molecule has 2 aromatic heterocycles. The van der Waals surface area contributed by atoms with Crippen molar-refractivity contribution in [2.24, 2.45) is 0 Å². The minimum atomic E-state index is -0.0629. The average molecular weight is 501 g/mol. The first-order chi connectivity index (χ1) is 17.9. The SMILES string of the molecule is CC[C@H](c1nnnn1C[C@H]1CCCO1)N(Cc1ccc(C)cc1)Cc1cc2cc(C)cc(C)c2[nH]c1=O. The van der Waals surface area contributed by atoms with Crippen molar-refractivity contribution in [3.05, 3.63) is 86.5 Å². The second kappa shape index (κ2) is 10.9. The molecule has 0 amide bonds. The fraction of sp³-hybridized carbons (Fsp3) is 0.448. The maximum Gasteiger partial charge on any atom is 0.252 e. The van der Waals surface area contributed by atoms with E-state index in [9.17, 15) is 4.79 Å². The van der Waals surface area contributed by atoms with Crippen LogP contribution in [0.25, 0.3) is 10.9 Å². The van der Waals surface area contributed by atoms with E-state index in [0.717, 1.165) is 53.7 Å². The minimum Gasteiger partial charge on any atom is -0.376 e. The Labute approximate surface area is 217 Å². The first-order valence-electron chi connectivity index (χ1n) is 13.2. The zero-order valence-corrected chi connectivity index (χ0v) is 22.2. The Bertz CT molecular complexity index is 1420. The number of fused-ring (bicyclic) bond motifs is 1. The maximum atomic E-state index is 13.3. The first kappa shape index (κ1) is 25.3. The molecule has 1 aliphatic rings. The molecule has 2 atom stereocenters. The third kappa shape index (κ3) is 5.65. The summed E-state index contributed by atoms with van der Waals surface area (Å²) in [6.45, 7) is 11.0. The molecule has 8 heteroatoms. The normalized spacial score (nSPS) is 16.6. The molecule has 1 saturated heterocycles. The molecule has 8 nitrogen and oxygen atoms in total. The number of aromatic nitrogens is 5. The van der Waals surface area contributed by atoms with Crippen molar-refractivity contribution in [3.8, 4) is 0 Å². The quantitative estimate of drug-likeness (QED) is 0.356. The molecule has 5 rings (SSSR count). The van der Waals surface area contributed by atoms with E-state index in [2.05, 4.69) is 82.6 Å². The van der Waals surface area contributed by atoms with Crippen LogP contribution in [-0.4, -0.2) is 42.8 Å². The topological polar surface area (TPSA) is 88.9 Å². The van der Waals surface area contributed by atoms with Crippen molar-refractivity contribution in [1.29, 1.82) is 0 Å². The highest BCUT2D eigenvalue weighted by Crippen LogP contribution is 2.28. The molecule has 0 unspecified atom stereocenters. The zero-order chi connectivity index (χ0) is 25.9. The molecule has 0 aliphatic carbocycles. The number of nitrogens with one attached hydrogen (secondary N) is 1. The number of rotatable bonds is 9. The number of H-pyrrole nitrogens is 1. The molecular formula is C29H36N6O2. The van der Waals surface area contributed by atoms with Crippen molar-refractivity contribution in [1.82, 2.24) is 30.1 Å². The fourth-order valence-electron chi connectivity index (χ4n) is 5.44. The van der Waals surface area contributed by atoms with Gasteiger partial charge >= 0.3 is 0 Å². The molecule has 0 saturated carbocycles. The Balaban J connectivity index is 1.51. The summed E-state index contributed by atoms with van der Waals surface area (Å²) >= 11 is 0. The van der Waals surface area contributed by atoms with Crippen LogP contribution in [0.3, 0.4) is 0 Å². The summed E-state index contributed by atoms with van der Waals surface area (Å²) in [7, 11) is 0. The highest BCUT2D eigenvalue weighted by Gasteiger charge is 2.28. The number of benzene rings is 2. The Morgan fingerprint density at radius 2 is 1.92 bits per heavy atom. The van der Waals surface area contributed by atoms with Crippen LogP contribution in [0.1, 0.15) is 65.9 Å². The molecule has 0 spiro atoms. The highest BCUT2D eigenvalue weighted by molar-refractivity contribution is 5.82. The smallest absolute Gasteiger partial charge is 0.252 e. The van der Waals surface area contributed by atoms with Gasteiger partial charge in [-0.05, 0) is 79.1 Å². The molecule has 1 fully saturated rings. The van der Waals surface area contributed by atoms with Crippen LogP contribution >= 0.6 is 0 Å². The lowest BCUT2D eigenvalue weighted by atomic mass is 10.0. The number of nitrogens with zero attached hydrogens (tertiary/aromatic N) is 5. The number of aryl methyl sites for hydroxylation is 3. The van der Waals surface area contributed by atoms with Gasteiger partial charge in [-0.15, -0.1) is 5.10 Å². The lowest BCUT2D eigenvalue weighted by Crippen LogP contribution is -2.33. The van der Waals surface area contributed by atoms with Crippen molar-refractivity contribution in [2.45, 2.75) is 78.7 Å². The summed E-state index contributed by atoms with van der Waals surface area (Å²) in [5, 5.41) is 13.9. The summed E-state index contributed by atoms with van der Waals surface area (Å²) in [5.74, 6) is 0.814. The monoisotopic (exact) mass is 500 g/mol. The van der Waals surface area contributed by atoms with Gasteiger partial charge < -0.3 is 9.72 Å². The van der Waals surface area contributed by atoms with E-state index in [0.29, 0.717) is 19.6 Å². The fourth-order valence-corrected chi connectivity index (χ4v) is 5.44. The number of ether oxygens (including phenoxy) is 1. The van der Waals surface area contributed by atoms with E-state index in [1.807, 2.05) is 17.7 Å². The molecule has 37 heavy (non-hydrogen) atoms. The number of hydrogen-bond acceptors (Lipinski definition) is 6. The lowest BCUT2D eigenvalue weighted by Gasteiger charge is -2.30. The van der Waals surface area contributed by atoms with Gasteiger partial charge in [0.25, 0.3) is 5.56 Å². The molecule has 194 valence electrons.